The number of hydrogen-bond acceptors (Lipinski definition) is 4. The Bertz CT molecular complexity index is 1450. The van der Waals surface area contributed by atoms with Gasteiger partial charge in [-0.3, -0.25) is 0 Å². The van der Waals surface area contributed by atoms with Gasteiger partial charge in [-0.2, -0.15) is 0 Å². The normalized spacial score (nSPS) is 10.8. The Morgan fingerprint density at radius 2 is 0.470 bits per heavy atom. The molecule has 0 heterocycles. The molecule has 4 rings (SSSR count). The van der Waals surface area contributed by atoms with Crippen molar-refractivity contribution in [1.82, 2.24) is 0 Å². The molecule has 0 atom stereocenters. The number of benzene rings is 4. The van der Waals surface area contributed by atoms with Gasteiger partial charge >= 0.3 is 173 Å². The summed E-state index contributed by atoms with van der Waals surface area (Å²) < 4.78 is 5.95. The maximum absolute atomic E-state index is 10.2. The van der Waals surface area contributed by atoms with Gasteiger partial charge in [-0.1, -0.05) is 194 Å². The molecule has 0 aliphatic carbocycles. The van der Waals surface area contributed by atoms with Crippen molar-refractivity contribution in [2.45, 2.75) is 219 Å². The molecule has 0 N–H and O–H groups in total. The molecule has 6 heteroatoms. The van der Waals surface area contributed by atoms with Gasteiger partial charge in [-0.25, -0.2) is 0 Å². The van der Waals surface area contributed by atoms with Crippen LogP contribution in [0.2, 0.25) is 0 Å². The number of carbonyl (C=O) groups excluding carboxylic acids is 2. The van der Waals surface area contributed by atoms with Crippen LogP contribution in [0.25, 0.3) is 0 Å². The summed E-state index contributed by atoms with van der Waals surface area (Å²) in [7, 11) is 0. The number of carbonyl (C=O) groups is 2. The predicted octanol–water partition coefficient (Wildman–Crippen LogP) is 13.1. The Labute approximate surface area is 421 Å². The van der Waals surface area contributed by atoms with Crippen LogP contribution in [0.3, 0.4) is 0 Å². The van der Waals surface area contributed by atoms with E-state index in [0.29, 0.717) is 0 Å². The number of hydrogen-bond donors (Lipinski definition) is 0. The van der Waals surface area contributed by atoms with Crippen molar-refractivity contribution >= 4 is 44.6 Å². The summed E-state index contributed by atoms with van der Waals surface area (Å²) in [6.45, 7) is 4.53. The first-order chi connectivity index (χ1) is 32.0. The molecule has 0 saturated carbocycles. The van der Waals surface area contributed by atoms with Crippen LogP contribution in [0, 0.1) is 0 Å². The monoisotopic (exact) mass is 1060 g/mol. The SMILES string of the molecule is CCCCCCCCCCCCCCCCCC(=O)[O-].CCCCCCCCCCCCCCCCCC(=O)[O-].[Zn+2].c1cc[c]([Sn]([c]2ccccc2)([c]2ccccc2)[c]2ccccc2)cc1. The summed E-state index contributed by atoms with van der Waals surface area (Å²) in [6.07, 6.45) is 39.7. The van der Waals surface area contributed by atoms with Crippen LogP contribution in [-0.2, 0) is 29.1 Å². The summed E-state index contributed by atoms with van der Waals surface area (Å²) in [5.74, 6) is -1.81. The van der Waals surface area contributed by atoms with Crippen LogP contribution in [0.5, 0.6) is 0 Å². The van der Waals surface area contributed by atoms with Crippen molar-refractivity contribution in [3.8, 4) is 0 Å². The molecule has 0 unspecified atom stereocenters. The van der Waals surface area contributed by atoms with Crippen LogP contribution in [0.1, 0.15) is 219 Å². The minimum atomic E-state index is -3.31. The molecule has 0 radical (unpaired) electrons. The number of carboxylic acids is 2. The third kappa shape index (κ3) is 29.2. The van der Waals surface area contributed by atoms with Gasteiger partial charge in [-0.15, -0.1) is 0 Å². The Hall–Kier alpha value is -2.76. The second-order valence-corrected chi connectivity index (χ2v) is 29.2. The Morgan fingerprint density at radius 3 is 0.636 bits per heavy atom. The van der Waals surface area contributed by atoms with Crippen molar-refractivity contribution < 1.29 is 39.3 Å². The molecular weight excluding hydrogens is 969 g/mol. The van der Waals surface area contributed by atoms with Crippen LogP contribution < -0.4 is 24.5 Å². The van der Waals surface area contributed by atoms with E-state index in [-0.39, 0.29) is 32.3 Å². The number of rotatable bonds is 36. The zero-order valence-corrected chi connectivity index (χ0v) is 47.8. The fourth-order valence-corrected chi connectivity index (χ4v) is 22.6. The number of carboxylic acid groups (broad SMARTS) is 2. The van der Waals surface area contributed by atoms with Gasteiger partial charge in [0.25, 0.3) is 0 Å². The van der Waals surface area contributed by atoms with Crippen molar-refractivity contribution in [2.24, 2.45) is 0 Å². The van der Waals surface area contributed by atoms with Gasteiger partial charge in [0.1, 0.15) is 0 Å². The van der Waals surface area contributed by atoms with E-state index >= 15 is 0 Å². The third-order valence-corrected chi connectivity index (χ3v) is 26.5. The molecule has 66 heavy (non-hydrogen) atoms. The molecule has 0 aliphatic heterocycles. The van der Waals surface area contributed by atoms with Gasteiger partial charge in [0.2, 0.25) is 0 Å². The van der Waals surface area contributed by atoms with E-state index in [1.807, 2.05) is 0 Å². The summed E-state index contributed by atoms with van der Waals surface area (Å²) in [6, 6.07) is 44.4. The zero-order chi connectivity index (χ0) is 46.7. The van der Waals surface area contributed by atoms with Crippen LogP contribution in [0.15, 0.2) is 121 Å². The number of unbranched alkanes of at least 4 members (excludes halogenated alkanes) is 28. The standard InChI is InChI=1S/2C18H36O2.4C6H5.Sn.Zn/c2*1-2-3-4-5-6-7-8-9-10-11-12-13-14-15-16-17-18(19)20;4*1-2-4-6-5-3-1;;/h2*2-17H2,1H3,(H,19,20);4*1-5H;;/q;;;;;;;+2/p-2. The van der Waals surface area contributed by atoms with E-state index in [0.717, 1.165) is 25.7 Å². The molecule has 0 aliphatic rings. The summed E-state index contributed by atoms with van der Waals surface area (Å²) >= 11 is -3.31. The van der Waals surface area contributed by atoms with Crippen molar-refractivity contribution in [3.63, 3.8) is 0 Å². The maximum atomic E-state index is 10.2. The van der Waals surface area contributed by atoms with Gasteiger partial charge in [0.15, 0.2) is 0 Å². The molecule has 0 fully saturated rings. The van der Waals surface area contributed by atoms with Gasteiger partial charge in [0, 0.05) is 11.9 Å². The second-order valence-electron chi connectivity index (χ2n) is 18.4. The molecule has 0 bridgehead atoms. The van der Waals surface area contributed by atoms with E-state index in [2.05, 4.69) is 135 Å². The zero-order valence-electron chi connectivity index (χ0n) is 42.0. The summed E-state index contributed by atoms with van der Waals surface area (Å²) in [4.78, 5) is 20.4. The van der Waals surface area contributed by atoms with Crippen molar-refractivity contribution in [1.29, 1.82) is 0 Å². The predicted molar refractivity (Wildman–Crippen MR) is 279 cm³/mol. The van der Waals surface area contributed by atoms with Crippen LogP contribution in [-0.4, -0.2) is 30.3 Å². The molecule has 360 valence electrons. The van der Waals surface area contributed by atoms with Gasteiger partial charge in [0.05, 0.1) is 0 Å². The van der Waals surface area contributed by atoms with E-state index in [1.165, 1.54) is 181 Å². The van der Waals surface area contributed by atoms with Crippen LogP contribution >= 0.6 is 0 Å². The van der Waals surface area contributed by atoms with Gasteiger partial charge < -0.3 is 19.8 Å². The topological polar surface area (TPSA) is 80.3 Å². The fourth-order valence-electron chi connectivity index (χ4n) is 9.03. The Balaban J connectivity index is 0.000000498. The van der Waals surface area contributed by atoms with E-state index in [9.17, 15) is 19.8 Å². The second kappa shape index (κ2) is 43.5. The van der Waals surface area contributed by atoms with Crippen molar-refractivity contribution in [3.05, 3.63) is 121 Å². The average Bonchev–Trinajstić information content (AvgIpc) is 3.33. The molecule has 4 aromatic carbocycles. The van der Waals surface area contributed by atoms with Crippen LogP contribution in [0.4, 0.5) is 0 Å². The molecular formula is C60H90O4SnZn. The Kier molecular flexibility index (Phi) is 40.4. The Morgan fingerprint density at radius 1 is 0.303 bits per heavy atom. The molecule has 0 amide bonds. The first-order valence-electron chi connectivity index (χ1n) is 26.6. The van der Waals surface area contributed by atoms with Crippen molar-refractivity contribution in [2.75, 3.05) is 0 Å². The quantitative estimate of drug-likeness (QED) is 0.0336. The fraction of sp³-hybridized carbons (Fsp3) is 0.567. The molecule has 0 aromatic heterocycles. The van der Waals surface area contributed by atoms with Gasteiger partial charge in [-0.05, 0) is 25.7 Å². The van der Waals surface area contributed by atoms with E-state index < -0.39 is 30.3 Å². The third-order valence-electron chi connectivity index (χ3n) is 12.8. The average molecular weight is 1060 g/mol. The first-order valence-corrected chi connectivity index (χ1v) is 32.3. The number of aliphatic carboxylic acids is 2. The molecule has 4 nitrogen and oxygen atoms in total. The van der Waals surface area contributed by atoms with E-state index in [4.69, 9.17) is 0 Å². The molecule has 0 saturated heterocycles. The van der Waals surface area contributed by atoms with E-state index in [1.54, 1.807) is 0 Å². The first kappa shape index (κ1) is 61.3. The molecule has 4 aromatic rings. The summed E-state index contributed by atoms with van der Waals surface area (Å²) in [5, 5.41) is 20.4. The molecule has 0 spiro atoms. The minimum absolute atomic E-state index is 0. The summed E-state index contributed by atoms with van der Waals surface area (Å²) in [5.41, 5.74) is 0.